The van der Waals surface area contributed by atoms with Crippen LogP contribution in [0, 0.1) is 0 Å². The predicted octanol–water partition coefficient (Wildman–Crippen LogP) is 3.19. The normalized spacial score (nSPS) is 22.5. The molecule has 0 bridgehead atoms. The van der Waals surface area contributed by atoms with Gasteiger partial charge in [-0.25, -0.2) is 4.79 Å². The fourth-order valence-corrected chi connectivity index (χ4v) is 4.11. The Bertz CT molecular complexity index is 1010. The Morgan fingerprint density at radius 2 is 1.84 bits per heavy atom. The SMILES string of the molecule is CN1C(=O)c2cc(NC(=O)Nc3ccccc3)ccc2OC[C@H]2O[C@H](CC(=O)O)CC[C@H]21. The van der Waals surface area contributed by atoms with Crippen molar-refractivity contribution in [3.05, 3.63) is 54.1 Å². The van der Waals surface area contributed by atoms with Gasteiger partial charge in [-0.15, -0.1) is 0 Å². The van der Waals surface area contributed by atoms with Gasteiger partial charge in [0, 0.05) is 18.4 Å². The van der Waals surface area contributed by atoms with Gasteiger partial charge in [0.2, 0.25) is 0 Å². The molecule has 32 heavy (non-hydrogen) atoms. The summed E-state index contributed by atoms with van der Waals surface area (Å²) in [5.41, 5.74) is 1.46. The molecule has 2 heterocycles. The van der Waals surface area contributed by atoms with Crippen LogP contribution in [0.4, 0.5) is 16.2 Å². The molecule has 1 saturated heterocycles. The maximum absolute atomic E-state index is 13.2. The van der Waals surface area contributed by atoms with Crippen molar-refractivity contribution in [3.8, 4) is 5.75 Å². The summed E-state index contributed by atoms with van der Waals surface area (Å²) in [4.78, 5) is 38.2. The van der Waals surface area contributed by atoms with E-state index in [1.54, 1.807) is 42.3 Å². The van der Waals surface area contributed by atoms with Crippen molar-refractivity contribution in [3.63, 3.8) is 0 Å². The third-order valence-electron chi connectivity index (χ3n) is 5.70. The first-order chi connectivity index (χ1) is 15.4. The third-order valence-corrected chi connectivity index (χ3v) is 5.70. The lowest BCUT2D eigenvalue weighted by molar-refractivity contribution is -0.148. The van der Waals surface area contributed by atoms with Gasteiger partial charge in [0.15, 0.2) is 0 Å². The van der Waals surface area contributed by atoms with E-state index in [9.17, 15) is 14.4 Å². The van der Waals surface area contributed by atoms with Crippen molar-refractivity contribution in [1.29, 1.82) is 0 Å². The van der Waals surface area contributed by atoms with E-state index in [1.165, 1.54) is 0 Å². The summed E-state index contributed by atoms with van der Waals surface area (Å²) in [5.74, 6) is -0.772. The van der Waals surface area contributed by atoms with Gasteiger partial charge < -0.3 is 30.1 Å². The fourth-order valence-electron chi connectivity index (χ4n) is 4.11. The van der Waals surface area contributed by atoms with Crippen molar-refractivity contribution in [2.75, 3.05) is 24.3 Å². The number of nitrogens with zero attached hydrogens (tertiary/aromatic N) is 1. The second-order valence-corrected chi connectivity index (χ2v) is 7.92. The van der Waals surface area contributed by atoms with Crippen molar-refractivity contribution < 1.29 is 29.0 Å². The van der Waals surface area contributed by atoms with Crippen molar-refractivity contribution >= 4 is 29.3 Å². The number of benzene rings is 2. The molecule has 4 rings (SSSR count). The molecule has 0 radical (unpaired) electrons. The average Bonchev–Trinajstić information content (AvgIpc) is 2.77. The highest BCUT2D eigenvalue weighted by atomic mass is 16.5. The number of hydrogen-bond acceptors (Lipinski definition) is 5. The van der Waals surface area contributed by atoms with Crippen molar-refractivity contribution in [2.45, 2.75) is 37.5 Å². The maximum atomic E-state index is 13.2. The first-order valence-corrected chi connectivity index (χ1v) is 10.4. The largest absolute Gasteiger partial charge is 0.490 e. The number of fused-ring (bicyclic) bond motifs is 2. The van der Waals surface area contributed by atoms with Gasteiger partial charge in [-0.3, -0.25) is 9.59 Å². The van der Waals surface area contributed by atoms with Gasteiger partial charge in [0.1, 0.15) is 18.5 Å². The van der Waals surface area contributed by atoms with E-state index in [1.807, 2.05) is 18.2 Å². The molecule has 0 aliphatic carbocycles. The zero-order chi connectivity index (χ0) is 22.7. The number of carboxylic acid groups (broad SMARTS) is 1. The number of amides is 3. The van der Waals surface area contributed by atoms with Gasteiger partial charge in [-0.1, -0.05) is 18.2 Å². The van der Waals surface area contributed by atoms with E-state index in [-0.39, 0.29) is 25.0 Å². The molecule has 3 atom stereocenters. The van der Waals surface area contributed by atoms with Crippen LogP contribution in [0.3, 0.4) is 0 Å². The molecule has 2 aliphatic heterocycles. The highest BCUT2D eigenvalue weighted by Gasteiger charge is 2.39. The summed E-state index contributed by atoms with van der Waals surface area (Å²) in [7, 11) is 1.71. The minimum atomic E-state index is -0.911. The minimum absolute atomic E-state index is 0.0719. The molecular weight excluding hydrogens is 414 g/mol. The monoisotopic (exact) mass is 439 g/mol. The Balaban J connectivity index is 1.49. The Hall–Kier alpha value is -3.59. The standard InChI is InChI=1S/C23H25N3O6/c1-26-18-9-8-16(12-21(27)28)32-20(18)13-31-19-10-7-15(11-17(19)22(26)29)25-23(30)24-14-5-3-2-4-6-14/h2-7,10-11,16,18,20H,8-9,12-13H2,1H3,(H,27,28)(H2,24,25,30)/t16-,18+,20+/m0/s1. The Kier molecular flexibility index (Phi) is 6.27. The van der Waals surface area contributed by atoms with Gasteiger partial charge >= 0.3 is 12.0 Å². The highest BCUT2D eigenvalue weighted by molar-refractivity contribution is 6.02. The number of ether oxygens (including phenoxy) is 2. The molecule has 0 spiro atoms. The number of aliphatic carboxylic acids is 1. The predicted molar refractivity (Wildman–Crippen MR) is 117 cm³/mol. The van der Waals surface area contributed by atoms with Crippen LogP contribution < -0.4 is 15.4 Å². The number of carbonyl (C=O) groups excluding carboxylic acids is 2. The maximum Gasteiger partial charge on any atom is 0.323 e. The van der Waals surface area contributed by atoms with Crippen LogP contribution in [0.15, 0.2) is 48.5 Å². The van der Waals surface area contributed by atoms with Crippen molar-refractivity contribution in [2.24, 2.45) is 0 Å². The smallest absolute Gasteiger partial charge is 0.323 e. The molecule has 0 unspecified atom stereocenters. The van der Waals surface area contributed by atoms with Crippen molar-refractivity contribution in [1.82, 2.24) is 4.90 Å². The van der Waals surface area contributed by atoms with Crippen LogP contribution in [-0.2, 0) is 9.53 Å². The molecule has 0 saturated carbocycles. The molecule has 2 aromatic carbocycles. The number of hydrogen-bond donors (Lipinski definition) is 3. The van der Waals surface area contributed by atoms with Crippen LogP contribution >= 0.6 is 0 Å². The molecule has 3 N–H and O–H groups in total. The lowest BCUT2D eigenvalue weighted by Gasteiger charge is -2.42. The van der Waals surface area contributed by atoms with Gasteiger partial charge in [0.25, 0.3) is 5.91 Å². The lowest BCUT2D eigenvalue weighted by Crippen LogP contribution is -2.53. The zero-order valence-corrected chi connectivity index (χ0v) is 17.6. The molecule has 2 aliphatic rings. The summed E-state index contributed by atoms with van der Waals surface area (Å²) in [6.07, 6.45) is 0.302. The second-order valence-electron chi connectivity index (χ2n) is 7.92. The Morgan fingerprint density at radius 1 is 1.09 bits per heavy atom. The quantitative estimate of drug-likeness (QED) is 0.674. The Morgan fingerprint density at radius 3 is 2.59 bits per heavy atom. The number of carbonyl (C=O) groups is 3. The number of anilines is 2. The van der Waals surface area contributed by atoms with Crippen LogP contribution in [0.5, 0.6) is 5.75 Å². The molecule has 2 aromatic rings. The molecule has 9 nitrogen and oxygen atoms in total. The van der Waals surface area contributed by atoms with Crippen LogP contribution in [0.2, 0.25) is 0 Å². The summed E-state index contributed by atoms with van der Waals surface area (Å²) in [6.45, 7) is 0.201. The minimum Gasteiger partial charge on any atom is -0.490 e. The van der Waals surface area contributed by atoms with Crippen LogP contribution in [0.1, 0.15) is 29.6 Å². The Labute approximate surface area is 185 Å². The second kappa shape index (κ2) is 9.27. The number of urea groups is 1. The number of likely N-dealkylation sites (N-methyl/N-ethyl adjacent to an activating group) is 1. The van der Waals surface area contributed by atoms with Gasteiger partial charge in [0.05, 0.1) is 24.1 Å². The first kappa shape index (κ1) is 21.6. The summed E-state index contributed by atoms with van der Waals surface area (Å²) in [6, 6.07) is 13.3. The van der Waals surface area contributed by atoms with Crippen LogP contribution in [-0.4, -0.2) is 59.8 Å². The first-order valence-electron chi connectivity index (χ1n) is 10.4. The number of para-hydroxylation sites is 1. The van der Waals surface area contributed by atoms with Gasteiger partial charge in [-0.05, 0) is 43.2 Å². The van der Waals surface area contributed by atoms with E-state index in [0.717, 1.165) is 0 Å². The molecule has 0 aromatic heterocycles. The number of carboxylic acids is 1. The molecule has 1 fully saturated rings. The van der Waals surface area contributed by atoms with Crippen LogP contribution in [0.25, 0.3) is 0 Å². The van der Waals surface area contributed by atoms with E-state index >= 15 is 0 Å². The number of nitrogens with one attached hydrogen (secondary N) is 2. The summed E-state index contributed by atoms with van der Waals surface area (Å²) in [5, 5.41) is 14.5. The van der Waals surface area contributed by atoms with E-state index in [4.69, 9.17) is 14.6 Å². The van der Waals surface area contributed by atoms with Gasteiger partial charge in [-0.2, -0.15) is 0 Å². The third kappa shape index (κ3) is 4.83. The lowest BCUT2D eigenvalue weighted by atomic mass is 9.94. The number of rotatable bonds is 4. The van der Waals surface area contributed by atoms with E-state index in [2.05, 4.69) is 10.6 Å². The topological polar surface area (TPSA) is 117 Å². The summed E-state index contributed by atoms with van der Waals surface area (Å²) >= 11 is 0. The zero-order valence-electron chi connectivity index (χ0n) is 17.6. The molecule has 3 amide bonds. The molecular formula is C23H25N3O6. The summed E-state index contributed by atoms with van der Waals surface area (Å²) < 4.78 is 11.8. The van der Waals surface area contributed by atoms with E-state index in [0.29, 0.717) is 35.5 Å². The highest BCUT2D eigenvalue weighted by Crippen LogP contribution is 2.32. The van der Waals surface area contributed by atoms with E-state index < -0.39 is 24.2 Å². The molecule has 9 heteroatoms. The average molecular weight is 439 g/mol. The molecule has 168 valence electrons. The fraction of sp³-hybridized carbons (Fsp3) is 0.348.